The highest BCUT2D eigenvalue weighted by Crippen LogP contribution is 2.34. The molecule has 3 aromatic heterocycles. The Balaban J connectivity index is 2.09. The van der Waals surface area contributed by atoms with Gasteiger partial charge in [0.2, 0.25) is 5.95 Å². The summed E-state index contributed by atoms with van der Waals surface area (Å²) in [7, 11) is 1.89. The molecule has 0 aliphatic carbocycles. The van der Waals surface area contributed by atoms with Crippen molar-refractivity contribution < 1.29 is 13.2 Å². The van der Waals surface area contributed by atoms with Gasteiger partial charge in [-0.3, -0.25) is 0 Å². The topological polar surface area (TPSA) is 81.7 Å². The molecule has 6 nitrogen and oxygen atoms in total. The number of aromatic nitrogens is 4. The quantitative estimate of drug-likeness (QED) is 0.679. The summed E-state index contributed by atoms with van der Waals surface area (Å²) in [5.41, 5.74) is 9.19. The Hall–Kier alpha value is -2.84. The van der Waals surface area contributed by atoms with Gasteiger partial charge in [-0.1, -0.05) is 13.3 Å². The molecular weight excluding hydrogens is 357 g/mol. The first kappa shape index (κ1) is 18.9. The average molecular weight is 378 g/mol. The zero-order chi connectivity index (χ0) is 19.6. The highest BCUT2D eigenvalue weighted by molar-refractivity contribution is 5.91. The minimum Gasteiger partial charge on any atom is -0.384 e. The van der Waals surface area contributed by atoms with Crippen LogP contribution in [0.4, 0.5) is 24.9 Å². The number of anilines is 2. The minimum absolute atomic E-state index is 0.0610. The van der Waals surface area contributed by atoms with Gasteiger partial charge in [0.25, 0.3) is 0 Å². The van der Waals surface area contributed by atoms with Crippen LogP contribution in [-0.4, -0.2) is 32.2 Å². The minimum atomic E-state index is -4.34. The van der Waals surface area contributed by atoms with Gasteiger partial charge in [0.05, 0.1) is 16.9 Å². The first-order valence-corrected chi connectivity index (χ1v) is 8.67. The Bertz CT molecular complexity index is 948. The number of fused-ring (bicyclic) bond motifs is 1. The van der Waals surface area contributed by atoms with E-state index in [0.717, 1.165) is 41.4 Å². The van der Waals surface area contributed by atoms with Gasteiger partial charge >= 0.3 is 6.18 Å². The molecule has 0 aliphatic rings. The Kier molecular flexibility index (Phi) is 5.20. The maximum absolute atomic E-state index is 12.5. The third-order valence-electron chi connectivity index (χ3n) is 4.34. The number of alkyl halides is 3. The lowest BCUT2D eigenvalue weighted by Gasteiger charge is -2.11. The van der Waals surface area contributed by atoms with Crippen LogP contribution in [0.15, 0.2) is 24.5 Å². The summed E-state index contributed by atoms with van der Waals surface area (Å²) in [5, 5.41) is 3.20. The Labute approximate surface area is 154 Å². The number of nitrogens with one attached hydrogen (secondary N) is 1. The SMILES string of the molecule is CCCCc1c(-c2ccnc(NCC(F)(F)F)n2)n(C)c2cc(N)ncc12. The Morgan fingerprint density at radius 2 is 2.04 bits per heavy atom. The van der Waals surface area contributed by atoms with Crippen LogP contribution >= 0.6 is 0 Å². The predicted octanol–water partition coefficient (Wildman–Crippen LogP) is 3.93. The number of hydrogen-bond donors (Lipinski definition) is 2. The summed E-state index contributed by atoms with van der Waals surface area (Å²) in [5.74, 6) is 0.348. The van der Waals surface area contributed by atoms with Gasteiger partial charge in [-0.2, -0.15) is 13.2 Å². The van der Waals surface area contributed by atoms with Crippen molar-refractivity contribution in [2.45, 2.75) is 32.4 Å². The summed E-state index contributed by atoms with van der Waals surface area (Å²) in [6.07, 6.45) is 1.65. The highest BCUT2D eigenvalue weighted by atomic mass is 19.4. The largest absolute Gasteiger partial charge is 0.405 e. The van der Waals surface area contributed by atoms with Crippen LogP contribution in [-0.2, 0) is 13.5 Å². The van der Waals surface area contributed by atoms with E-state index in [1.165, 1.54) is 6.20 Å². The molecule has 0 amide bonds. The standard InChI is InChI=1S/C18H21F3N6/c1-3-4-5-11-12-9-24-15(22)8-14(12)27(2)16(11)13-6-7-23-17(26-13)25-10-18(19,20)21/h6-9H,3-5,10H2,1-2H3,(H2,22,24)(H,23,25,26). The van der Waals surface area contributed by atoms with Crippen molar-refractivity contribution in [2.24, 2.45) is 7.05 Å². The molecule has 0 fully saturated rings. The van der Waals surface area contributed by atoms with Gasteiger partial charge < -0.3 is 15.6 Å². The van der Waals surface area contributed by atoms with Crippen LogP contribution in [0.1, 0.15) is 25.3 Å². The highest BCUT2D eigenvalue weighted by Gasteiger charge is 2.27. The number of unbranched alkanes of at least 4 members (excludes halogenated alkanes) is 1. The zero-order valence-electron chi connectivity index (χ0n) is 15.1. The summed E-state index contributed by atoms with van der Waals surface area (Å²) in [6.45, 7) is 0.916. The van der Waals surface area contributed by atoms with Gasteiger partial charge in [-0.15, -0.1) is 0 Å². The third-order valence-corrected chi connectivity index (χ3v) is 4.34. The smallest absolute Gasteiger partial charge is 0.384 e. The summed E-state index contributed by atoms with van der Waals surface area (Å²) in [6, 6.07) is 3.48. The fourth-order valence-electron chi connectivity index (χ4n) is 3.11. The molecule has 3 N–H and O–H groups in total. The molecule has 3 rings (SSSR count). The number of halogens is 3. The van der Waals surface area contributed by atoms with E-state index in [2.05, 4.69) is 27.2 Å². The molecule has 0 saturated carbocycles. The molecule has 0 bridgehead atoms. The fraction of sp³-hybridized carbons (Fsp3) is 0.389. The van der Waals surface area contributed by atoms with Gasteiger partial charge in [-0.25, -0.2) is 15.0 Å². The molecule has 144 valence electrons. The van der Waals surface area contributed by atoms with Crippen LogP contribution < -0.4 is 11.1 Å². The predicted molar refractivity (Wildman–Crippen MR) is 99.3 cm³/mol. The van der Waals surface area contributed by atoms with Crippen molar-refractivity contribution in [1.29, 1.82) is 0 Å². The number of pyridine rings is 1. The van der Waals surface area contributed by atoms with Crippen molar-refractivity contribution in [3.05, 3.63) is 30.1 Å². The molecule has 3 aromatic rings. The van der Waals surface area contributed by atoms with Gasteiger partial charge in [0.1, 0.15) is 12.4 Å². The molecule has 0 atom stereocenters. The molecule has 0 saturated heterocycles. The molecule has 27 heavy (non-hydrogen) atoms. The number of nitrogens with two attached hydrogens (primary N) is 1. The van der Waals surface area contributed by atoms with E-state index in [1.54, 1.807) is 18.3 Å². The molecule has 3 heterocycles. The molecule has 9 heteroatoms. The number of nitrogens with zero attached hydrogens (tertiary/aromatic N) is 4. The number of aryl methyl sites for hydroxylation is 2. The van der Waals surface area contributed by atoms with Crippen LogP contribution in [0.5, 0.6) is 0 Å². The lowest BCUT2D eigenvalue weighted by Crippen LogP contribution is -2.22. The second-order valence-electron chi connectivity index (χ2n) is 6.35. The van der Waals surface area contributed by atoms with Gasteiger partial charge in [-0.05, 0) is 24.5 Å². The fourth-order valence-corrected chi connectivity index (χ4v) is 3.11. The maximum atomic E-state index is 12.5. The van der Waals surface area contributed by atoms with E-state index in [0.29, 0.717) is 11.5 Å². The molecule has 0 aromatic carbocycles. The van der Waals surface area contributed by atoms with Crippen molar-refractivity contribution >= 4 is 22.7 Å². The van der Waals surface area contributed by atoms with Crippen molar-refractivity contribution in [3.63, 3.8) is 0 Å². The third kappa shape index (κ3) is 4.12. The lowest BCUT2D eigenvalue weighted by molar-refractivity contribution is -0.115. The maximum Gasteiger partial charge on any atom is 0.405 e. The van der Waals surface area contributed by atoms with Crippen molar-refractivity contribution in [1.82, 2.24) is 19.5 Å². The molecule has 0 radical (unpaired) electrons. The zero-order valence-corrected chi connectivity index (χ0v) is 15.1. The van der Waals surface area contributed by atoms with Crippen molar-refractivity contribution in [2.75, 3.05) is 17.6 Å². The van der Waals surface area contributed by atoms with Crippen LogP contribution in [0.2, 0.25) is 0 Å². The van der Waals surface area contributed by atoms with Crippen LogP contribution in [0.3, 0.4) is 0 Å². The molecular formula is C18H21F3N6. The molecule has 0 unspecified atom stereocenters. The summed E-state index contributed by atoms with van der Waals surface area (Å²) < 4.78 is 39.4. The second kappa shape index (κ2) is 7.42. The van der Waals surface area contributed by atoms with Crippen molar-refractivity contribution in [3.8, 4) is 11.4 Å². The second-order valence-corrected chi connectivity index (χ2v) is 6.35. The van der Waals surface area contributed by atoms with Crippen LogP contribution in [0.25, 0.3) is 22.3 Å². The number of rotatable bonds is 6. The van der Waals surface area contributed by atoms with E-state index in [1.807, 2.05) is 11.6 Å². The van der Waals surface area contributed by atoms with Crippen LogP contribution in [0, 0.1) is 0 Å². The monoisotopic (exact) mass is 378 g/mol. The summed E-state index contributed by atoms with van der Waals surface area (Å²) in [4.78, 5) is 12.4. The normalized spacial score (nSPS) is 11.9. The van der Waals surface area contributed by atoms with E-state index < -0.39 is 12.7 Å². The van der Waals surface area contributed by atoms with E-state index in [9.17, 15) is 13.2 Å². The molecule has 0 aliphatic heterocycles. The number of nitrogen functional groups attached to an aromatic ring is 1. The molecule has 0 spiro atoms. The first-order valence-electron chi connectivity index (χ1n) is 8.67. The first-order chi connectivity index (χ1) is 12.8. The van der Waals surface area contributed by atoms with E-state index in [4.69, 9.17) is 5.73 Å². The lowest BCUT2D eigenvalue weighted by atomic mass is 10.0. The summed E-state index contributed by atoms with van der Waals surface area (Å²) >= 11 is 0. The number of hydrogen-bond acceptors (Lipinski definition) is 5. The van der Waals surface area contributed by atoms with E-state index >= 15 is 0 Å². The van der Waals surface area contributed by atoms with E-state index in [-0.39, 0.29) is 5.95 Å². The average Bonchev–Trinajstić information content (AvgIpc) is 2.89. The van der Waals surface area contributed by atoms with Gasteiger partial charge in [0, 0.05) is 30.9 Å². The van der Waals surface area contributed by atoms with Gasteiger partial charge in [0.15, 0.2) is 0 Å². The Morgan fingerprint density at radius 3 is 2.74 bits per heavy atom. The Morgan fingerprint density at radius 1 is 1.26 bits per heavy atom.